The zero-order valence-electron chi connectivity index (χ0n) is 14.9. The van der Waals surface area contributed by atoms with E-state index in [2.05, 4.69) is 10.5 Å². The maximum absolute atomic E-state index is 12.1. The summed E-state index contributed by atoms with van der Waals surface area (Å²) >= 11 is 0. The minimum absolute atomic E-state index is 0.312. The van der Waals surface area contributed by atoms with Gasteiger partial charge < -0.3 is 4.42 Å². The Hall–Kier alpha value is -4.00. The molecule has 28 heavy (non-hydrogen) atoms. The van der Waals surface area contributed by atoms with E-state index in [1.165, 1.54) is 13.3 Å². The Morgan fingerprint density at radius 2 is 1.75 bits per heavy atom. The third kappa shape index (κ3) is 3.09. The van der Waals surface area contributed by atoms with Crippen LogP contribution in [0.25, 0.3) is 11.3 Å². The van der Waals surface area contributed by atoms with Crippen LogP contribution in [0.4, 0.5) is 0 Å². The molecule has 0 aliphatic carbocycles. The standard InChI is InChI=1S/C21H15N3O4/c1-24-20(26)16-9-7-14(11-17(16)21(24)27)18-10-8-15(28-18)12-22-23-19(25)13-5-3-2-4-6-13/h2-12H,1H3,(H,23,25). The van der Waals surface area contributed by atoms with Crippen molar-refractivity contribution in [2.24, 2.45) is 5.10 Å². The Morgan fingerprint density at radius 3 is 2.54 bits per heavy atom. The largest absolute Gasteiger partial charge is 0.455 e. The second-order valence-electron chi connectivity index (χ2n) is 6.20. The molecule has 0 bridgehead atoms. The zero-order chi connectivity index (χ0) is 19.7. The molecule has 1 aromatic heterocycles. The van der Waals surface area contributed by atoms with Crippen LogP contribution in [0.5, 0.6) is 0 Å². The second kappa shape index (κ2) is 6.96. The van der Waals surface area contributed by atoms with Gasteiger partial charge in [-0.2, -0.15) is 5.10 Å². The van der Waals surface area contributed by atoms with Crippen molar-refractivity contribution in [2.75, 3.05) is 7.05 Å². The Kier molecular flexibility index (Phi) is 4.33. The third-order valence-electron chi connectivity index (χ3n) is 4.39. The fourth-order valence-corrected chi connectivity index (χ4v) is 2.90. The number of hydrogen-bond donors (Lipinski definition) is 1. The van der Waals surface area contributed by atoms with Gasteiger partial charge in [0.1, 0.15) is 11.5 Å². The summed E-state index contributed by atoms with van der Waals surface area (Å²) < 4.78 is 5.70. The summed E-state index contributed by atoms with van der Waals surface area (Å²) in [6.07, 6.45) is 1.39. The van der Waals surface area contributed by atoms with Gasteiger partial charge in [-0.15, -0.1) is 0 Å². The molecule has 1 N–H and O–H groups in total. The average Bonchev–Trinajstić information content (AvgIpc) is 3.28. The van der Waals surface area contributed by atoms with Gasteiger partial charge in [0, 0.05) is 18.2 Å². The molecule has 4 rings (SSSR count). The van der Waals surface area contributed by atoms with Crippen molar-refractivity contribution in [3.8, 4) is 11.3 Å². The highest BCUT2D eigenvalue weighted by Crippen LogP contribution is 2.28. The van der Waals surface area contributed by atoms with E-state index in [-0.39, 0.29) is 17.7 Å². The number of nitrogens with one attached hydrogen (secondary N) is 1. The number of nitrogens with zero attached hydrogens (tertiary/aromatic N) is 2. The summed E-state index contributed by atoms with van der Waals surface area (Å²) in [6, 6.07) is 17.1. The highest BCUT2D eigenvalue weighted by atomic mass is 16.3. The average molecular weight is 373 g/mol. The molecular formula is C21H15N3O4. The lowest BCUT2D eigenvalue weighted by atomic mass is 10.0. The predicted molar refractivity (Wildman–Crippen MR) is 102 cm³/mol. The molecule has 3 amide bonds. The molecular weight excluding hydrogens is 358 g/mol. The van der Waals surface area contributed by atoms with Crippen molar-refractivity contribution >= 4 is 23.9 Å². The van der Waals surface area contributed by atoms with Gasteiger partial charge in [-0.05, 0) is 36.4 Å². The SMILES string of the molecule is CN1C(=O)c2ccc(-c3ccc(C=NNC(=O)c4ccccc4)o3)cc2C1=O. The first-order chi connectivity index (χ1) is 13.5. The number of furan rings is 1. The summed E-state index contributed by atoms with van der Waals surface area (Å²) in [6.45, 7) is 0. The maximum Gasteiger partial charge on any atom is 0.271 e. The van der Waals surface area contributed by atoms with Crippen molar-refractivity contribution in [2.45, 2.75) is 0 Å². The van der Waals surface area contributed by atoms with Crippen LogP contribution < -0.4 is 5.43 Å². The van der Waals surface area contributed by atoms with E-state index < -0.39 is 0 Å². The third-order valence-corrected chi connectivity index (χ3v) is 4.39. The van der Waals surface area contributed by atoms with Crippen molar-refractivity contribution in [3.63, 3.8) is 0 Å². The number of hydrogen-bond acceptors (Lipinski definition) is 5. The molecule has 1 aliphatic heterocycles. The van der Waals surface area contributed by atoms with E-state index in [9.17, 15) is 14.4 Å². The molecule has 1 aliphatic rings. The molecule has 7 heteroatoms. The number of carbonyl (C=O) groups is 3. The topological polar surface area (TPSA) is 92.0 Å². The number of rotatable bonds is 4. The number of amides is 3. The van der Waals surface area contributed by atoms with E-state index in [4.69, 9.17) is 4.42 Å². The maximum atomic E-state index is 12.1. The van der Waals surface area contributed by atoms with E-state index in [1.807, 2.05) is 6.07 Å². The molecule has 7 nitrogen and oxygen atoms in total. The van der Waals surface area contributed by atoms with Crippen LogP contribution in [0.2, 0.25) is 0 Å². The van der Waals surface area contributed by atoms with Crippen molar-refractivity contribution in [1.82, 2.24) is 10.3 Å². The zero-order valence-corrected chi connectivity index (χ0v) is 14.9. The molecule has 0 spiro atoms. The van der Waals surface area contributed by atoms with Gasteiger partial charge in [0.05, 0.1) is 17.3 Å². The highest BCUT2D eigenvalue weighted by Gasteiger charge is 2.32. The van der Waals surface area contributed by atoms with Crippen LogP contribution in [0, 0.1) is 0 Å². The van der Waals surface area contributed by atoms with E-state index in [0.29, 0.717) is 33.8 Å². The van der Waals surface area contributed by atoms with Crippen molar-refractivity contribution < 1.29 is 18.8 Å². The van der Waals surface area contributed by atoms with Gasteiger partial charge in [0.2, 0.25) is 0 Å². The Morgan fingerprint density at radius 1 is 1.00 bits per heavy atom. The first-order valence-corrected chi connectivity index (χ1v) is 8.49. The molecule has 0 radical (unpaired) electrons. The molecule has 3 aromatic rings. The quantitative estimate of drug-likeness (QED) is 0.432. The predicted octanol–water partition coefficient (Wildman–Crippen LogP) is 2.94. The first kappa shape index (κ1) is 17.4. The van der Waals surface area contributed by atoms with Crippen LogP contribution in [0.3, 0.4) is 0 Å². The fraction of sp³-hybridized carbons (Fsp3) is 0.0476. The number of fused-ring (bicyclic) bond motifs is 1. The molecule has 0 saturated heterocycles. The van der Waals surface area contributed by atoms with Crippen LogP contribution in [-0.2, 0) is 0 Å². The van der Waals surface area contributed by atoms with Gasteiger partial charge in [-0.25, -0.2) is 5.43 Å². The van der Waals surface area contributed by atoms with Gasteiger partial charge in [0.25, 0.3) is 17.7 Å². The minimum atomic E-state index is -0.334. The van der Waals surface area contributed by atoms with Crippen LogP contribution in [-0.4, -0.2) is 35.9 Å². The summed E-state index contributed by atoms with van der Waals surface area (Å²) in [7, 11) is 1.45. The Balaban J connectivity index is 1.49. The molecule has 2 aromatic carbocycles. The number of hydrazone groups is 1. The van der Waals surface area contributed by atoms with Gasteiger partial charge in [0.15, 0.2) is 0 Å². The van der Waals surface area contributed by atoms with Crippen LogP contribution in [0.1, 0.15) is 36.8 Å². The molecule has 0 atom stereocenters. The molecule has 0 unspecified atom stereocenters. The summed E-state index contributed by atoms with van der Waals surface area (Å²) in [5.74, 6) is -0.0156. The smallest absolute Gasteiger partial charge is 0.271 e. The second-order valence-corrected chi connectivity index (χ2v) is 6.20. The summed E-state index contributed by atoms with van der Waals surface area (Å²) in [5.41, 5.74) is 4.34. The number of imide groups is 1. The first-order valence-electron chi connectivity index (χ1n) is 8.49. The lowest BCUT2D eigenvalue weighted by molar-refractivity contribution is 0.0692. The molecule has 0 fully saturated rings. The lowest BCUT2D eigenvalue weighted by Crippen LogP contribution is -2.24. The summed E-state index contributed by atoms with van der Waals surface area (Å²) in [4.78, 5) is 37.1. The molecule has 2 heterocycles. The summed E-state index contributed by atoms with van der Waals surface area (Å²) in [5, 5.41) is 3.89. The van der Waals surface area contributed by atoms with Crippen LogP contribution in [0.15, 0.2) is 70.2 Å². The number of benzene rings is 2. The van der Waals surface area contributed by atoms with Crippen LogP contribution >= 0.6 is 0 Å². The van der Waals surface area contributed by atoms with Gasteiger partial charge in [-0.3, -0.25) is 19.3 Å². The lowest BCUT2D eigenvalue weighted by Gasteiger charge is -2.02. The van der Waals surface area contributed by atoms with E-state index in [0.717, 1.165) is 4.90 Å². The number of carbonyl (C=O) groups excluding carboxylic acids is 3. The molecule has 138 valence electrons. The Bertz CT molecular complexity index is 1120. The molecule has 0 saturated carbocycles. The van der Waals surface area contributed by atoms with Gasteiger partial charge >= 0.3 is 0 Å². The van der Waals surface area contributed by atoms with Crippen molar-refractivity contribution in [1.29, 1.82) is 0 Å². The minimum Gasteiger partial charge on any atom is -0.455 e. The van der Waals surface area contributed by atoms with Crippen molar-refractivity contribution in [3.05, 3.63) is 83.1 Å². The van der Waals surface area contributed by atoms with E-state index in [1.54, 1.807) is 54.6 Å². The van der Waals surface area contributed by atoms with Gasteiger partial charge in [-0.1, -0.05) is 24.3 Å². The normalized spacial score (nSPS) is 13.2. The fourth-order valence-electron chi connectivity index (χ4n) is 2.90. The highest BCUT2D eigenvalue weighted by molar-refractivity contribution is 6.21. The Labute approximate surface area is 160 Å². The monoisotopic (exact) mass is 373 g/mol. The van der Waals surface area contributed by atoms with E-state index >= 15 is 0 Å².